The number of nitrogens with zero attached hydrogens (tertiary/aromatic N) is 4. The van der Waals surface area contributed by atoms with Crippen molar-refractivity contribution in [3.05, 3.63) is 30.1 Å². The van der Waals surface area contributed by atoms with Crippen LogP contribution in [0.5, 0.6) is 0 Å². The van der Waals surface area contributed by atoms with Crippen molar-refractivity contribution in [1.29, 1.82) is 0 Å². The molecule has 0 aliphatic carbocycles. The smallest absolute Gasteiger partial charge is 0.236 e. The maximum absolute atomic E-state index is 12.5. The van der Waals surface area contributed by atoms with Gasteiger partial charge in [0.15, 0.2) is 0 Å². The zero-order valence-corrected chi connectivity index (χ0v) is 14.9. The maximum atomic E-state index is 12.5. The van der Waals surface area contributed by atoms with Crippen molar-refractivity contribution >= 4 is 5.91 Å². The molecule has 3 rings (SSSR count). The third kappa shape index (κ3) is 5.22. The lowest BCUT2D eigenvalue weighted by Crippen LogP contribution is -2.49. The third-order valence-corrected chi connectivity index (χ3v) is 4.89. The highest BCUT2D eigenvalue weighted by Crippen LogP contribution is 2.23. The Hall–Kier alpha value is -1.54. The molecule has 1 N–H and O–H groups in total. The van der Waals surface area contributed by atoms with E-state index in [1.54, 1.807) is 11.1 Å². The Morgan fingerprint density at radius 3 is 2.92 bits per heavy atom. The van der Waals surface area contributed by atoms with Crippen LogP contribution in [0.4, 0.5) is 0 Å². The standard InChI is InChI=1S/C18H28N4O3/c1-20(12-16-3-2-5-19-11-16)13-17(23)22-6-4-18(24,15-22)14-21-7-9-25-10-8-21/h2-3,5,11,24H,4,6-10,12-15H2,1H3. The van der Waals surface area contributed by atoms with Crippen LogP contribution in [0.25, 0.3) is 0 Å². The van der Waals surface area contributed by atoms with E-state index in [4.69, 9.17) is 4.74 Å². The number of likely N-dealkylation sites (tertiary alicyclic amines) is 1. The predicted octanol–water partition coefficient (Wildman–Crippen LogP) is -0.191. The van der Waals surface area contributed by atoms with Gasteiger partial charge in [-0.15, -0.1) is 0 Å². The molecule has 1 atom stereocenters. The van der Waals surface area contributed by atoms with E-state index in [1.807, 2.05) is 30.3 Å². The summed E-state index contributed by atoms with van der Waals surface area (Å²) in [7, 11) is 1.93. The van der Waals surface area contributed by atoms with Crippen molar-refractivity contribution in [3.8, 4) is 0 Å². The lowest BCUT2D eigenvalue weighted by Gasteiger charge is -2.33. The Balaban J connectivity index is 1.46. The van der Waals surface area contributed by atoms with Gasteiger partial charge >= 0.3 is 0 Å². The molecule has 1 amide bonds. The number of amides is 1. The van der Waals surface area contributed by atoms with Crippen LogP contribution < -0.4 is 0 Å². The quantitative estimate of drug-likeness (QED) is 0.769. The van der Waals surface area contributed by atoms with E-state index in [1.165, 1.54) is 0 Å². The minimum absolute atomic E-state index is 0.0734. The molecule has 1 aromatic rings. The van der Waals surface area contributed by atoms with Crippen LogP contribution in [0.3, 0.4) is 0 Å². The number of carbonyl (C=O) groups is 1. The number of hydrogen-bond donors (Lipinski definition) is 1. The minimum Gasteiger partial charge on any atom is -0.387 e. The van der Waals surface area contributed by atoms with Gasteiger partial charge in [0.2, 0.25) is 5.91 Å². The number of morpholine rings is 1. The highest BCUT2D eigenvalue weighted by atomic mass is 16.5. The molecule has 2 saturated heterocycles. The minimum atomic E-state index is -0.797. The van der Waals surface area contributed by atoms with Gasteiger partial charge in [-0.2, -0.15) is 0 Å². The van der Waals surface area contributed by atoms with Crippen molar-refractivity contribution < 1.29 is 14.6 Å². The summed E-state index contributed by atoms with van der Waals surface area (Å²) in [4.78, 5) is 22.7. The zero-order chi connectivity index (χ0) is 17.7. The van der Waals surface area contributed by atoms with Crippen molar-refractivity contribution in [2.24, 2.45) is 0 Å². The topological polar surface area (TPSA) is 69.1 Å². The average Bonchev–Trinajstić information content (AvgIpc) is 2.98. The molecule has 2 fully saturated rings. The number of pyridine rings is 1. The average molecular weight is 348 g/mol. The second-order valence-corrected chi connectivity index (χ2v) is 7.21. The van der Waals surface area contributed by atoms with Gasteiger partial charge in [-0.3, -0.25) is 19.6 Å². The summed E-state index contributed by atoms with van der Waals surface area (Å²) in [6, 6.07) is 3.90. The van der Waals surface area contributed by atoms with Crippen molar-refractivity contribution in [3.63, 3.8) is 0 Å². The predicted molar refractivity (Wildman–Crippen MR) is 94.0 cm³/mol. The summed E-state index contributed by atoms with van der Waals surface area (Å²) >= 11 is 0. The Kier molecular flexibility index (Phi) is 6.01. The Labute approximate surface area is 149 Å². The third-order valence-electron chi connectivity index (χ3n) is 4.89. The Bertz CT molecular complexity index is 565. The number of carbonyl (C=O) groups excluding carboxylic acids is 1. The number of aromatic nitrogens is 1. The van der Waals surface area contributed by atoms with Crippen LogP contribution in [0.2, 0.25) is 0 Å². The van der Waals surface area contributed by atoms with Crippen molar-refractivity contribution in [2.75, 3.05) is 59.5 Å². The van der Waals surface area contributed by atoms with Gasteiger partial charge < -0.3 is 14.7 Å². The number of aliphatic hydroxyl groups is 1. The first kappa shape index (κ1) is 18.3. The first-order chi connectivity index (χ1) is 12.0. The first-order valence-electron chi connectivity index (χ1n) is 8.92. The molecular formula is C18H28N4O3. The maximum Gasteiger partial charge on any atom is 0.236 e. The second kappa shape index (κ2) is 8.23. The summed E-state index contributed by atoms with van der Waals surface area (Å²) in [5.41, 5.74) is 0.289. The molecule has 138 valence electrons. The monoisotopic (exact) mass is 348 g/mol. The fraction of sp³-hybridized carbons (Fsp3) is 0.667. The number of β-amino-alcohol motifs (C(OH)–C–C–N with tert-alkyl or cyclic N) is 1. The normalized spacial score (nSPS) is 24.8. The SMILES string of the molecule is CN(CC(=O)N1CCC(O)(CN2CCOCC2)C1)Cc1cccnc1. The van der Waals surface area contributed by atoms with E-state index < -0.39 is 5.60 Å². The summed E-state index contributed by atoms with van der Waals surface area (Å²) in [6.07, 6.45) is 4.20. The van der Waals surface area contributed by atoms with Gasteiger partial charge in [0.1, 0.15) is 0 Å². The molecular weight excluding hydrogens is 320 g/mol. The van der Waals surface area contributed by atoms with Crippen LogP contribution in [0.1, 0.15) is 12.0 Å². The number of rotatable bonds is 6. The zero-order valence-electron chi connectivity index (χ0n) is 14.9. The number of likely N-dealkylation sites (N-methyl/N-ethyl adjacent to an activating group) is 1. The van der Waals surface area contributed by atoms with E-state index in [2.05, 4.69) is 9.88 Å². The summed E-state index contributed by atoms with van der Waals surface area (Å²) in [5, 5.41) is 10.8. The highest BCUT2D eigenvalue weighted by molar-refractivity contribution is 5.78. The molecule has 1 aromatic heterocycles. The van der Waals surface area contributed by atoms with Crippen molar-refractivity contribution in [2.45, 2.75) is 18.6 Å². The van der Waals surface area contributed by atoms with Gasteiger partial charge in [0.05, 0.1) is 31.9 Å². The molecule has 3 heterocycles. The fourth-order valence-electron chi connectivity index (χ4n) is 3.56. The molecule has 2 aliphatic rings. The Morgan fingerprint density at radius 2 is 2.20 bits per heavy atom. The summed E-state index contributed by atoms with van der Waals surface area (Å²) in [5.74, 6) is 0.0734. The van der Waals surface area contributed by atoms with Crippen LogP contribution in [-0.4, -0.2) is 95.8 Å². The van der Waals surface area contributed by atoms with Gasteiger partial charge in [-0.1, -0.05) is 6.07 Å². The van der Waals surface area contributed by atoms with E-state index in [-0.39, 0.29) is 5.91 Å². The number of ether oxygens (including phenoxy) is 1. The first-order valence-corrected chi connectivity index (χ1v) is 8.92. The lowest BCUT2D eigenvalue weighted by molar-refractivity contribution is -0.132. The largest absolute Gasteiger partial charge is 0.387 e. The summed E-state index contributed by atoms with van der Waals surface area (Å²) < 4.78 is 5.35. The molecule has 0 aromatic carbocycles. The molecule has 7 heteroatoms. The number of hydrogen-bond acceptors (Lipinski definition) is 6. The van der Waals surface area contributed by atoms with E-state index >= 15 is 0 Å². The molecule has 0 radical (unpaired) electrons. The van der Waals surface area contributed by atoms with Crippen LogP contribution in [0, 0.1) is 0 Å². The second-order valence-electron chi connectivity index (χ2n) is 7.21. The van der Waals surface area contributed by atoms with Gasteiger partial charge in [-0.25, -0.2) is 0 Å². The van der Waals surface area contributed by atoms with E-state index in [0.717, 1.165) is 31.9 Å². The molecule has 7 nitrogen and oxygen atoms in total. The molecule has 2 aliphatic heterocycles. The van der Waals surface area contributed by atoms with Crippen LogP contribution in [-0.2, 0) is 16.1 Å². The van der Waals surface area contributed by atoms with Crippen LogP contribution in [0.15, 0.2) is 24.5 Å². The fourth-order valence-corrected chi connectivity index (χ4v) is 3.56. The molecule has 0 spiro atoms. The molecule has 0 saturated carbocycles. The summed E-state index contributed by atoms with van der Waals surface area (Å²) in [6.45, 7) is 5.84. The van der Waals surface area contributed by atoms with Gasteiger partial charge in [0, 0.05) is 45.1 Å². The van der Waals surface area contributed by atoms with E-state index in [9.17, 15) is 9.90 Å². The van der Waals surface area contributed by atoms with Crippen molar-refractivity contribution in [1.82, 2.24) is 19.7 Å². The molecule has 0 bridgehead atoms. The highest BCUT2D eigenvalue weighted by Gasteiger charge is 2.39. The Morgan fingerprint density at radius 1 is 1.40 bits per heavy atom. The van der Waals surface area contributed by atoms with Crippen LogP contribution >= 0.6 is 0 Å². The van der Waals surface area contributed by atoms with Gasteiger partial charge in [-0.05, 0) is 25.1 Å². The molecule has 1 unspecified atom stereocenters. The van der Waals surface area contributed by atoms with E-state index in [0.29, 0.717) is 39.1 Å². The molecule has 25 heavy (non-hydrogen) atoms. The van der Waals surface area contributed by atoms with Gasteiger partial charge in [0.25, 0.3) is 0 Å². The lowest BCUT2D eigenvalue weighted by atomic mass is 10.0.